The van der Waals surface area contributed by atoms with Crippen LogP contribution in [0, 0.1) is 0 Å². The summed E-state index contributed by atoms with van der Waals surface area (Å²) in [5, 5.41) is 56.9. The Labute approximate surface area is 211 Å². The van der Waals surface area contributed by atoms with Gasteiger partial charge in [0.05, 0.1) is 12.7 Å². The summed E-state index contributed by atoms with van der Waals surface area (Å²) < 4.78 is 52.3. The Balaban J connectivity index is 1.83. The molecule has 3 aliphatic rings. The molecule has 36 heavy (non-hydrogen) atoms. The number of hydrogen-bond donors (Lipinski definition) is 3. The molecule has 0 amide bonds. The SMILES string of the molecule is COC1[C@H]2OC(C)(C(=O)O)OC2O[C@@H](O[C@H]2C(CO)O[C@@H](C)[C@H](OSOO[O-])C2O)[C@@H]1OSOO[O-]. The van der Waals surface area contributed by atoms with Crippen LogP contribution in [0.3, 0.4) is 0 Å². The number of aliphatic carboxylic acids is 1. The van der Waals surface area contributed by atoms with E-state index in [9.17, 15) is 30.6 Å². The number of carboxylic acid groups (broad SMARTS) is 1. The Kier molecular flexibility index (Phi) is 11.3. The lowest BCUT2D eigenvalue weighted by Gasteiger charge is -2.46. The van der Waals surface area contributed by atoms with Gasteiger partial charge in [-0.3, -0.25) is 18.4 Å². The van der Waals surface area contributed by atoms with E-state index in [-0.39, 0.29) is 24.6 Å². The van der Waals surface area contributed by atoms with Gasteiger partial charge in [-0.1, -0.05) is 0 Å². The first-order valence-corrected chi connectivity index (χ1v) is 11.5. The van der Waals surface area contributed by atoms with Crippen molar-refractivity contribution < 1.29 is 86.2 Å². The lowest BCUT2D eigenvalue weighted by Crippen LogP contribution is -2.64. The molecule has 0 aliphatic carbocycles. The maximum atomic E-state index is 11.6. The Morgan fingerprint density at radius 1 is 1.03 bits per heavy atom. The highest BCUT2D eigenvalue weighted by Crippen LogP contribution is 2.41. The molecule has 3 saturated heterocycles. The quantitative estimate of drug-likeness (QED) is 0.0857. The first kappa shape index (κ1) is 30.1. The van der Waals surface area contributed by atoms with Gasteiger partial charge in [0.15, 0.2) is 43.3 Å². The zero-order valence-corrected chi connectivity index (χ0v) is 20.4. The summed E-state index contributed by atoms with van der Waals surface area (Å²) in [5.74, 6) is -3.56. The van der Waals surface area contributed by atoms with Crippen molar-refractivity contribution in [2.45, 2.75) is 81.0 Å². The van der Waals surface area contributed by atoms with Crippen LogP contribution in [0.5, 0.6) is 0 Å². The largest absolute Gasteiger partial charge is 0.691 e. The second-order valence-electron chi connectivity index (χ2n) is 7.71. The Morgan fingerprint density at radius 3 is 2.22 bits per heavy atom. The van der Waals surface area contributed by atoms with Gasteiger partial charge in [-0.2, -0.15) is 0 Å². The lowest BCUT2D eigenvalue weighted by atomic mass is 9.95. The molecule has 0 aromatic heterocycles. The molecular weight excluding hydrogens is 544 g/mol. The molecule has 3 N–H and O–H groups in total. The van der Waals surface area contributed by atoms with Crippen LogP contribution in [0.25, 0.3) is 0 Å². The van der Waals surface area contributed by atoms with Crippen molar-refractivity contribution in [3.63, 3.8) is 0 Å². The highest BCUT2D eigenvalue weighted by molar-refractivity contribution is 7.89. The molecule has 0 saturated carbocycles. The number of methoxy groups -OCH3 is 1. The second-order valence-corrected chi connectivity index (χ2v) is 8.64. The topological polar surface area (TPSA) is 235 Å². The summed E-state index contributed by atoms with van der Waals surface area (Å²) in [4.78, 5) is 11.6. The fraction of sp³-hybridized carbons (Fsp3) is 0.938. The lowest BCUT2D eigenvalue weighted by molar-refractivity contribution is -0.778. The zero-order chi connectivity index (χ0) is 26.5. The second kappa shape index (κ2) is 13.5. The first-order valence-electron chi connectivity index (χ1n) is 10.1. The molecule has 3 fully saturated rings. The predicted octanol–water partition coefficient (Wildman–Crippen LogP) is -3.23. The smallest absolute Gasteiger partial charge is 0.364 e. The summed E-state index contributed by atoms with van der Waals surface area (Å²) in [6.45, 7) is 2.06. The van der Waals surface area contributed by atoms with Gasteiger partial charge < -0.3 is 54.3 Å². The van der Waals surface area contributed by atoms with Crippen molar-refractivity contribution in [1.82, 2.24) is 0 Å². The number of carboxylic acids is 1. The first-order chi connectivity index (χ1) is 17.2. The monoisotopic (exact) mass is 568 g/mol. The van der Waals surface area contributed by atoms with Gasteiger partial charge in [-0.25, -0.2) is 4.79 Å². The van der Waals surface area contributed by atoms with Crippen molar-refractivity contribution in [1.29, 1.82) is 0 Å². The molecule has 0 aromatic rings. The number of aliphatic hydroxyl groups is 2. The van der Waals surface area contributed by atoms with Crippen molar-refractivity contribution >= 4 is 30.6 Å². The molecule has 3 heterocycles. The molecule has 0 aromatic carbocycles. The van der Waals surface area contributed by atoms with Crippen LogP contribution in [0.15, 0.2) is 0 Å². The minimum absolute atomic E-state index is 0.0883. The maximum absolute atomic E-state index is 11.6. The Hall–Kier alpha value is -0.470. The molecule has 3 rings (SSSR count). The number of hydrogen-bond acceptors (Lipinski definition) is 19. The van der Waals surface area contributed by atoms with E-state index in [2.05, 4.69) is 18.7 Å². The van der Waals surface area contributed by atoms with Crippen LogP contribution in [0.1, 0.15) is 13.8 Å². The van der Waals surface area contributed by atoms with Crippen LogP contribution >= 0.6 is 24.6 Å². The van der Waals surface area contributed by atoms with Gasteiger partial charge in [-0.15, -0.1) is 8.67 Å². The van der Waals surface area contributed by atoms with Gasteiger partial charge in [0.2, 0.25) is 0 Å². The van der Waals surface area contributed by atoms with Gasteiger partial charge in [0.25, 0.3) is 5.79 Å². The third-order valence-electron chi connectivity index (χ3n) is 5.59. The minimum atomic E-state index is -2.11. The van der Waals surface area contributed by atoms with E-state index in [1.54, 1.807) is 0 Å². The zero-order valence-electron chi connectivity index (χ0n) is 18.8. The highest BCUT2D eigenvalue weighted by Gasteiger charge is 2.61. The third-order valence-corrected chi connectivity index (χ3v) is 6.41. The van der Waals surface area contributed by atoms with Gasteiger partial charge >= 0.3 is 5.97 Å². The number of aliphatic hydroxyl groups excluding tert-OH is 2. The van der Waals surface area contributed by atoms with E-state index >= 15 is 0 Å². The van der Waals surface area contributed by atoms with Crippen molar-refractivity contribution in [3.05, 3.63) is 0 Å². The van der Waals surface area contributed by atoms with E-state index in [0.29, 0.717) is 0 Å². The fourth-order valence-corrected chi connectivity index (χ4v) is 4.72. The molecule has 210 valence electrons. The average Bonchev–Trinajstić information content (AvgIpc) is 3.20. The molecule has 0 radical (unpaired) electrons. The molecular formula is C16H24O18S2-2. The summed E-state index contributed by atoms with van der Waals surface area (Å²) in [5.41, 5.74) is 0. The molecule has 0 spiro atoms. The van der Waals surface area contributed by atoms with E-state index in [1.807, 2.05) is 0 Å². The predicted molar refractivity (Wildman–Crippen MR) is 103 cm³/mol. The van der Waals surface area contributed by atoms with Gasteiger partial charge in [0.1, 0.15) is 36.6 Å². The summed E-state index contributed by atoms with van der Waals surface area (Å²) in [6, 6.07) is 0. The van der Waals surface area contributed by atoms with E-state index in [4.69, 9.17) is 36.8 Å². The molecule has 0 bridgehead atoms. The van der Waals surface area contributed by atoms with Gasteiger partial charge in [-0.05, 0) is 6.92 Å². The summed E-state index contributed by atoms with van der Waals surface area (Å²) in [7, 11) is 1.26. The molecule has 3 aliphatic heterocycles. The molecule has 18 nitrogen and oxygen atoms in total. The van der Waals surface area contributed by atoms with Crippen LogP contribution in [0.2, 0.25) is 0 Å². The number of fused-ring (bicyclic) bond motifs is 1. The normalized spacial score (nSPS) is 42.9. The summed E-state index contributed by atoms with van der Waals surface area (Å²) in [6.07, 6.45) is -12.4. The van der Waals surface area contributed by atoms with Crippen molar-refractivity contribution in [2.75, 3.05) is 13.7 Å². The minimum Gasteiger partial charge on any atom is -0.691 e. The average molecular weight is 568 g/mol. The highest BCUT2D eigenvalue weighted by atomic mass is 32.2. The van der Waals surface area contributed by atoms with E-state index < -0.39 is 79.8 Å². The Bertz CT molecular complexity index is 706. The van der Waals surface area contributed by atoms with E-state index in [1.165, 1.54) is 14.0 Å². The Morgan fingerprint density at radius 2 is 1.67 bits per heavy atom. The van der Waals surface area contributed by atoms with Crippen molar-refractivity contribution in [3.8, 4) is 0 Å². The number of carbonyl (C=O) groups is 1. The van der Waals surface area contributed by atoms with Crippen LogP contribution in [-0.4, -0.2) is 102 Å². The van der Waals surface area contributed by atoms with Crippen LogP contribution < -0.4 is 10.5 Å². The standard InChI is InChI=1S/C16H26O18S2/c1-5-8(29-35-33-31-21)7(18)9(6(4-17)24-5)25-13-12(30-36-34-32-22)10(23-3)11-14(26-13)28-16(2,27-11)15(19)20/h5-14,17-18,21-22H,4H2,1-3H3,(H,19,20)/p-2/t5-,6?,7?,8-,9-,10?,11+,12+,13+,14?,16?/m0/s1. The van der Waals surface area contributed by atoms with E-state index in [0.717, 1.165) is 6.92 Å². The third kappa shape index (κ3) is 6.56. The number of ether oxygens (including phenoxy) is 6. The van der Waals surface area contributed by atoms with Crippen LogP contribution in [-0.2, 0) is 60.3 Å². The fourth-order valence-electron chi connectivity index (χ4n) is 3.95. The summed E-state index contributed by atoms with van der Waals surface area (Å²) >= 11 is 0.222. The van der Waals surface area contributed by atoms with Crippen molar-refractivity contribution in [2.24, 2.45) is 0 Å². The van der Waals surface area contributed by atoms with Crippen LogP contribution in [0.4, 0.5) is 0 Å². The molecule has 11 atom stereocenters. The maximum Gasteiger partial charge on any atom is 0.364 e. The number of rotatable bonds is 13. The van der Waals surface area contributed by atoms with Gasteiger partial charge in [0, 0.05) is 14.0 Å². The molecule has 5 unspecified atom stereocenters. The molecule has 20 heteroatoms.